The number of benzene rings is 3. The van der Waals surface area contributed by atoms with Gasteiger partial charge in [-0.15, -0.1) is 0 Å². The topological polar surface area (TPSA) is 110 Å². The summed E-state index contributed by atoms with van der Waals surface area (Å²) >= 11 is 0. The predicted octanol–water partition coefficient (Wildman–Crippen LogP) is 2.89. The summed E-state index contributed by atoms with van der Waals surface area (Å²) in [6.07, 6.45) is 0. The zero-order chi connectivity index (χ0) is 23.6. The van der Waals surface area contributed by atoms with Gasteiger partial charge < -0.3 is 4.74 Å². The van der Waals surface area contributed by atoms with Gasteiger partial charge in [0.25, 0.3) is 5.91 Å². The third-order valence-electron chi connectivity index (χ3n) is 4.99. The van der Waals surface area contributed by atoms with Crippen LogP contribution in [-0.2, 0) is 31.4 Å². The van der Waals surface area contributed by atoms with E-state index in [0.29, 0.717) is 0 Å². The molecule has 0 bridgehead atoms. The van der Waals surface area contributed by atoms with Crippen molar-refractivity contribution in [3.63, 3.8) is 0 Å². The fourth-order valence-corrected chi connectivity index (χ4v) is 5.70. The minimum atomic E-state index is -4.09. The smallest absolute Gasteiger partial charge is 0.326 e. The first-order valence-electron chi connectivity index (χ1n) is 9.82. The van der Waals surface area contributed by atoms with E-state index < -0.39 is 32.5 Å². The van der Waals surface area contributed by atoms with Crippen molar-refractivity contribution in [1.82, 2.24) is 4.72 Å². The molecule has 1 aliphatic heterocycles. The van der Waals surface area contributed by atoms with Crippen molar-refractivity contribution in [2.75, 3.05) is 10.8 Å². The Hall–Kier alpha value is -3.63. The first-order valence-corrected chi connectivity index (χ1v) is 12.7. The molecule has 3 aromatic rings. The summed E-state index contributed by atoms with van der Waals surface area (Å²) in [5.41, 5.74) is 1.17. The van der Waals surface area contributed by atoms with Crippen molar-refractivity contribution in [1.29, 1.82) is 0 Å². The average Bonchev–Trinajstić information content (AvgIpc) is 3.09. The Labute approximate surface area is 192 Å². The summed E-state index contributed by atoms with van der Waals surface area (Å²) in [6.45, 7) is 3.45. The van der Waals surface area contributed by atoms with Crippen molar-refractivity contribution in [2.24, 2.45) is 0 Å². The molecule has 33 heavy (non-hydrogen) atoms. The molecule has 1 amide bonds. The lowest BCUT2D eigenvalue weighted by Crippen LogP contribution is -2.29. The number of nitrogens with one attached hydrogen (secondary N) is 1. The molecule has 1 N–H and O–H groups in total. The van der Waals surface area contributed by atoms with Crippen LogP contribution in [0.15, 0.2) is 90.3 Å². The fraction of sp³-hybridized carbons (Fsp3) is 0.0870. The second-order valence-electron chi connectivity index (χ2n) is 7.23. The molecule has 3 aromatic carbocycles. The second kappa shape index (κ2) is 8.72. The van der Waals surface area contributed by atoms with Crippen LogP contribution in [-0.4, -0.2) is 29.3 Å². The van der Waals surface area contributed by atoms with Crippen LogP contribution < -0.4 is 13.8 Å². The average molecular weight is 485 g/mol. The number of nitrogens with zero attached hydrogens (tertiary/aromatic N) is 1. The third kappa shape index (κ3) is 4.62. The number of hydrogen-bond acceptors (Lipinski definition) is 6. The minimum absolute atomic E-state index is 0.0859. The van der Waals surface area contributed by atoms with E-state index in [2.05, 4.69) is 6.58 Å². The summed E-state index contributed by atoms with van der Waals surface area (Å²) in [7, 11) is -7.97. The Kier molecular flexibility index (Phi) is 5.96. The van der Waals surface area contributed by atoms with Gasteiger partial charge in [-0.2, -0.15) is 8.42 Å². The molecule has 0 saturated carbocycles. The lowest BCUT2D eigenvalue weighted by atomic mass is 10.1. The SMILES string of the molecule is C=C(c1ccc(N2CC(=O)NS2(=O)=O)c(OCc2ccccc2)c1)S(=O)(=O)c1ccccc1. The number of sulfone groups is 1. The summed E-state index contributed by atoms with van der Waals surface area (Å²) in [6, 6.07) is 21.3. The molecule has 0 unspecified atom stereocenters. The van der Waals surface area contributed by atoms with Gasteiger partial charge in [0.2, 0.25) is 9.84 Å². The molecule has 10 heteroatoms. The van der Waals surface area contributed by atoms with Crippen molar-refractivity contribution in [3.8, 4) is 5.75 Å². The quantitative estimate of drug-likeness (QED) is 0.552. The first kappa shape index (κ1) is 22.6. The van der Waals surface area contributed by atoms with Crippen molar-refractivity contribution < 1.29 is 26.4 Å². The first-order chi connectivity index (χ1) is 15.7. The summed E-state index contributed by atoms with van der Waals surface area (Å²) < 4.78 is 59.5. The standard InChI is InChI=1S/C23H20N2O6S2/c1-17(32(27,28)20-10-6-3-7-11-20)19-12-13-21(25-15-23(26)24-33(25,29)30)22(14-19)31-16-18-8-4-2-5-9-18/h2-14H,1,15-16H2,(H,24,26). The van der Waals surface area contributed by atoms with E-state index in [1.54, 1.807) is 18.2 Å². The van der Waals surface area contributed by atoms with Gasteiger partial charge in [-0.3, -0.25) is 4.79 Å². The van der Waals surface area contributed by atoms with E-state index in [4.69, 9.17) is 4.74 Å². The Morgan fingerprint density at radius 1 is 1.00 bits per heavy atom. The minimum Gasteiger partial charge on any atom is -0.487 e. The number of anilines is 1. The highest BCUT2D eigenvalue weighted by molar-refractivity contribution is 8.00. The molecular weight excluding hydrogens is 464 g/mol. The van der Waals surface area contributed by atoms with Crippen LogP contribution in [0.4, 0.5) is 5.69 Å². The van der Waals surface area contributed by atoms with Gasteiger partial charge in [0.15, 0.2) is 0 Å². The largest absolute Gasteiger partial charge is 0.487 e. The molecule has 0 aliphatic carbocycles. The van der Waals surface area contributed by atoms with Gasteiger partial charge in [-0.05, 0) is 35.4 Å². The Bertz CT molecular complexity index is 1420. The van der Waals surface area contributed by atoms with Crippen LogP contribution in [0.5, 0.6) is 5.75 Å². The van der Waals surface area contributed by atoms with E-state index >= 15 is 0 Å². The molecule has 1 fully saturated rings. The number of carbonyl (C=O) groups excluding carboxylic acids is 1. The Morgan fingerprint density at radius 2 is 1.64 bits per heavy atom. The normalized spacial score (nSPS) is 15.2. The van der Waals surface area contributed by atoms with Crippen LogP contribution in [0.3, 0.4) is 0 Å². The number of hydrogen-bond donors (Lipinski definition) is 1. The van der Waals surface area contributed by atoms with Crippen molar-refractivity contribution in [2.45, 2.75) is 11.5 Å². The summed E-state index contributed by atoms with van der Waals surface area (Å²) in [5.74, 6) is -0.579. The molecule has 0 aromatic heterocycles. The van der Waals surface area contributed by atoms with Gasteiger partial charge >= 0.3 is 10.2 Å². The molecule has 1 aliphatic rings. The molecule has 4 rings (SSSR count). The predicted molar refractivity (Wildman–Crippen MR) is 124 cm³/mol. The number of carbonyl (C=O) groups is 1. The van der Waals surface area contributed by atoms with Gasteiger partial charge in [0.1, 0.15) is 18.9 Å². The monoisotopic (exact) mass is 484 g/mol. The van der Waals surface area contributed by atoms with Crippen LogP contribution in [0.25, 0.3) is 4.91 Å². The van der Waals surface area contributed by atoms with Crippen molar-refractivity contribution in [3.05, 3.63) is 96.6 Å². The lowest BCUT2D eigenvalue weighted by molar-refractivity contribution is -0.117. The van der Waals surface area contributed by atoms with Crippen LogP contribution in [0.2, 0.25) is 0 Å². The molecule has 1 heterocycles. The van der Waals surface area contributed by atoms with Crippen LogP contribution in [0, 0.1) is 0 Å². The van der Waals surface area contributed by atoms with Crippen LogP contribution in [0.1, 0.15) is 11.1 Å². The van der Waals surface area contributed by atoms with Gasteiger partial charge in [0, 0.05) is 0 Å². The number of ether oxygens (including phenoxy) is 1. The third-order valence-corrected chi connectivity index (χ3v) is 8.15. The number of amides is 1. The van der Waals surface area contributed by atoms with Gasteiger partial charge in [0.05, 0.1) is 15.5 Å². The molecule has 170 valence electrons. The van der Waals surface area contributed by atoms with E-state index in [9.17, 15) is 21.6 Å². The van der Waals surface area contributed by atoms with Gasteiger partial charge in [-0.1, -0.05) is 61.2 Å². The summed E-state index contributed by atoms with van der Waals surface area (Å²) in [4.78, 5) is 11.7. The molecule has 0 atom stereocenters. The van der Waals surface area contributed by atoms with Gasteiger partial charge in [-0.25, -0.2) is 17.4 Å². The lowest BCUT2D eigenvalue weighted by Gasteiger charge is -2.20. The number of rotatable bonds is 7. The van der Waals surface area contributed by atoms with E-state index in [1.165, 1.54) is 30.3 Å². The molecule has 1 saturated heterocycles. The maximum Gasteiger partial charge on any atom is 0.326 e. The van der Waals surface area contributed by atoms with E-state index in [-0.39, 0.29) is 33.4 Å². The second-order valence-corrected chi connectivity index (χ2v) is 10.8. The maximum absolute atomic E-state index is 13.0. The molecule has 0 spiro atoms. The zero-order valence-electron chi connectivity index (χ0n) is 17.3. The highest BCUT2D eigenvalue weighted by atomic mass is 32.2. The van der Waals surface area contributed by atoms with E-state index in [0.717, 1.165) is 9.87 Å². The van der Waals surface area contributed by atoms with Crippen molar-refractivity contribution >= 4 is 36.5 Å². The summed E-state index contributed by atoms with van der Waals surface area (Å²) in [5, 5.41) is 0. The highest BCUT2D eigenvalue weighted by Crippen LogP contribution is 2.36. The Morgan fingerprint density at radius 3 is 2.24 bits per heavy atom. The molecular formula is C23H20N2O6S2. The fourth-order valence-electron chi connectivity index (χ4n) is 3.30. The van der Waals surface area contributed by atoms with Crippen LogP contribution >= 0.6 is 0 Å². The highest BCUT2D eigenvalue weighted by Gasteiger charge is 2.36. The molecule has 8 nitrogen and oxygen atoms in total. The van der Waals surface area contributed by atoms with E-state index in [1.807, 2.05) is 35.1 Å². The molecule has 0 radical (unpaired) electrons. The zero-order valence-corrected chi connectivity index (χ0v) is 19.0. The maximum atomic E-state index is 13.0. The Balaban J connectivity index is 1.74.